The zero-order valence-corrected chi connectivity index (χ0v) is 21.7. The highest BCUT2D eigenvalue weighted by atomic mass is 35.5. The lowest BCUT2D eigenvalue weighted by atomic mass is 10.1. The molecular formula is C28H27ClFN3O2S. The van der Waals surface area contributed by atoms with Gasteiger partial charge in [-0.15, -0.1) is 0 Å². The molecule has 1 aromatic heterocycles. The molecule has 5 nitrogen and oxygen atoms in total. The number of halogens is 2. The SMILES string of the molecule is CC(C)CCNC(=O)c1ccc(Cn2c(SCc3ccc(F)cc3Cl)nc3ccccc3c2=O)cc1. The maximum absolute atomic E-state index is 13.4. The Morgan fingerprint density at radius 1 is 1.11 bits per heavy atom. The first-order valence-corrected chi connectivity index (χ1v) is 13.1. The minimum atomic E-state index is -0.397. The Balaban J connectivity index is 1.58. The average Bonchev–Trinajstić information content (AvgIpc) is 2.85. The van der Waals surface area contributed by atoms with Crippen molar-refractivity contribution in [2.45, 2.75) is 37.7 Å². The van der Waals surface area contributed by atoms with Crippen LogP contribution in [-0.4, -0.2) is 22.0 Å². The zero-order valence-electron chi connectivity index (χ0n) is 20.1. The maximum atomic E-state index is 13.4. The number of hydrogen-bond acceptors (Lipinski definition) is 4. The van der Waals surface area contributed by atoms with Crippen molar-refractivity contribution in [2.24, 2.45) is 5.92 Å². The van der Waals surface area contributed by atoms with Crippen LogP contribution < -0.4 is 10.9 Å². The van der Waals surface area contributed by atoms with Crippen molar-refractivity contribution in [3.8, 4) is 0 Å². The van der Waals surface area contributed by atoms with Gasteiger partial charge >= 0.3 is 0 Å². The molecule has 0 aliphatic heterocycles. The Morgan fingerprint density at radius 3 is 2.58 bits per heavy atom. The van der Waals surface area contributed by atoms with Gasteiger partial charge in [0.25, 0.3) is 11.5 Å². The standard InChI is InChI=1S/C28H27ClFN3O2S/c1-18(2)13-14-31-26(34)20-9-7-19(8-10-20)16-33-27(35)23-5-3-4-6-25(23)32-28(33)36-17-21-11-12-22(30)15-24(21)29/h3-12,15,18H,13-14,16-17H2,1-2H3,(H,31,34). The van der Waals surface area contributed by atoms with Crippen LogP contribution in [0.5, 0.6) is 0 Å². The van der Waals surface area contributed by atoms with Crippen molar-refractivity contribution in [1.82, 2.24) is 14.9 Å². The fourth-order valence-electron chi connectivity index (χ4n) is 3.70. The number of amides is 1. The number of aromatic nitrogens is 2. The van der Waals surface area contributed by atoms with E-state index < -0.39 is 5.82 Å². The van der Waals surface area contributed by atoms with Crippen molar-refractivity contribution in [3.63, 3.8) is 0 Å². The molecule has 1 amide bonds. The van der Waals surface area contributed by atoms with Crippen molar-refractivity contribution in [1.29, 1.82) is 0 Å². The van der Waals surface area contributed by atoms with E-state index in [9.17, 15) is 14.0 Å². The number of hydrogen-bond donors (Lipinski definition) is 1. The minimum Gasteiger partial charge on any atom is -0.352 e. The predicted octanol–water partition coefficient (Wildman–Crippen LogP) is 6.31. The first kappa shape index (κ1) is 25.9. The molecule has 0 aliphatic carbocycles. The number of para-hydroxylation sites is 1. The Labute approximate surface area is 218 Å². The zero-order chi connectivity index (χ0) is 25.7. The molecule has 36 heavy (non-hydrogen) atoms. The van der Waals surface area contributed by atoms with Crippen LogP contribution in [0, 0.1) is 11.7 Å². The third-order valence-corrected chi connectivity index (χ3v) is 7.14. The van der Waals surface area contributed by atoms with Crippen molar-refractivity contribution in [3.05, 3.63) is 105 Å². The molecule has 0 atom stereocenters. The molecule has 8 heteroatoms. The summed E-state index contributed by atoms with van der Waals surface area (Å²) >= 11 is 7.57. The number of fused-ring (bicyclic) bond motifs is 1. The second-order valence-electron chi connectivity index (χ2n) is 8.96. The number of carbonyl (C=O) groups excluding carboxylic acids is 1. The van der Waals surface area contributed by atoms with Gasteiger partial charge in [-0.1, -0.05) is 67.5 Å². The molecule has 0 saturated carbocycles. The molecule has 0 spiro atoms. The van der Waals surface area contributed by atoms with E-state index in [1.54, 1.807) is 28.8 Å². The van der Waals surface area contributed by atoms with E-state index in [-0.39, 0.29) is 11.5 Å². The third-order valence-electron chi connectivity index (χ3n) is 5.76. The molecule has 1 heterocycles. The average molecular weight is 524 g/mol. The fraction of sp³-hybridized carbons (Fsp3) is 0.250. The van der Waals surface area contributed by atoms with E-state index in [4.69, 9.17) is 16.6 Å². The molecule has 0 aliphatic rings. The Bertz CT molecular complexity index is 1440. The monoisotopic (exact) mass is 523 g/mol. The largest absolute Gasteiger partial charge is 0.352 e. The number of thioether (sulfide) groups is 1. The molecule has 0 bridgehead atoms. The molecule has 3 aromatic carbocycles. The van der Waals surface area contributed by atoms with Crippen LogP contribution in [0.4, 0.5) is 4.39 Å². The first-order valence-electron chi connectivity index (χ1n) is 11.8. The van der Waals surface area contributed by atoms with E-state index in [0.717, 1.165) is 17.5 Å². The smallest absolute Gasteiger partial charge is 0.262 e. The number of rotatable bonds is 9. The Kier molecular flexibility index (Phi) is 8.44. The quantitative estimate of drug-likeness (QED) is 0.206. The van der Waals surface area contributed by atoms with Crippen LogP contribution in [0.3, 0.4) is 0 Å². The lowest BCUT2D eigenvalue weighted by Crippen LogP contribution is -2.25. The van der Waals surface area contributed by atoms with Crippen LogP contribution >= 0.6 is 23.4 Å². The van der Waals surface area contributed by atoms with Crippen molar-refractivity contribution in [2.75, 3.05) is 6.54 Å². The van der Waals surface area contributed by atoms with Crippen LogP contribution in [0.25, 0.3) is 10.9 Å². The highest BCUT2D eigenvalue weighted by Crippen LogP contribution is 2.27. The summed E-state index contributed by atoms with van der Waals surface area (Å²) in [5.41, 5.74) is 2.66. The van der Waals surface area contributed by atoms with Crippen LogP contribution in [0.15, 0.2) is 76.7 Å². The summed E-state index contributed by atoms with van der Waals surface area (Å²) in [6.07, 6.45) is 0.922. The van der Waals surface area contributed by atoms with Gasteiger partial charge in [-0.3, -0.25) is 14.2 Å². The number of nitrogens with zero attached hydrogens (tertiary/aromatic N) is 2. The summed E-state index contributed by atoms with van der Waals surface area (Å²) in [5, 5.41) is 4.34. The molecule has 0 saturated heterocycles. The van der Waals surface area contributed by atoms with Gasteiger partial charge in [-0.05, 0) is 59.9 Å². The van der Waals surface area contributed by atoms with Crippen LogP contribution in [-0.2, 0) is 12.3 Å². The second-order valence-corrected chi connectivity index (χ2v) is 10.3. The van der Waals surface area contributed by atoms with E-state index >= 15 is 0 Å². The number of benzene rings is 3. The molecule has 4 aromatic rings. The maximum Gasteiger partial charge on any atom is 0.262 e. The normalized spacial score (nSPS) is 11.2. The number of carbonyl (C=O) groups is 1. The third kappa shape index (κ3) is 6.33. The predicted molar refractivity (Wildman–Crippen MR) is 144 cm³/mol. The topological polar surface area (TPSA) is 64.0 Å². The second kappa shape index (κ2) is 11.7. The summed E-state index contributed by atoms with van der Waals surface area (Å²) in [7, 11) is 0. The summed E-state index contributed by atoms with van der Waals surface area (Å²) in [5.74, 6) is 0.442. The van der Waals surface area contributed by atoms with Crippen molar-refractivity contribution < 1.29 is 9.18 Å². The summed E-state index contributed by atoms with van der Waals surface area (Å²) in [6, 6.07) is 18.7. The van der Waals surface area contributed by atoms with Gasteiger partial charge in [0, 0.05) is 22.9 Å². The highest BCUT2D eigenvalue weighted by Gasteiger charge is 2.14. The summed E-state index contributed by atoms with van der Waals surface area (Å²) in [4.78, 5) is 30.5. The Morgan fingerprint density at radius 2 is 1.86 bits per heavy atom. The number of nitrogens with one attached hydrogen (secondary N) is 1. The molecular weight excluding hydrogens is 497 g/mol. The molecule has 1 N–H and O–H groups in total. The van der Waals surface area contributed by atoms with Gasteiger partial charge in [0.05, 0.1) is 17.4 Å². The van der Waals surface area contributed by atoms with Gasteiger partial charge in [0.2, 0.25) is 0 Å². The molecule has 0 unspecified atom stereocenters. The Hall–Kier alpha value is -3.16. The lowest BCUT2D eigenvalue weighted by Gasteiger charge is -2.14. The highest BCUT2D eigenvalue weighted by molar-refractivity contribution is 7.98. The van der Waals surface area contributed by atoms with Crippen LogP contribution in [0.1, 0.15) is 41.8 Å². The van der Waals surface area contributed by atoms with E-state index in [2.05, 4.69) is 19.2 Å². The van der Waals surface area contributed by atoms with Crippen LogP contribution in [0.2, 0.25) is 5.02 Å². The van der Waals surface area contributed by atoms with Gasteiger partial charge in [0.1, 0.15) is 5.82 Å². The van der Waals surface area contributed by atoms with Gasteiger partial charge in [-0.25, -0.2) is 9.37 Å². The molecule has 0 radical (unpaired) electrons. The molecule has 186 valence electrons. The fourth-order valence-corrected chi connectivity index (χ4v) is 5.01. The van der Waals surface area contributed by atoms with Gasteiger partial charge in [-0.2, -0.15) is 0 Å². The first-order chi connectivity index (χ1) is 17.3. The lowest BCUT2D eigenvalue weighted by molar-refractivity contribution is 0.0952. The van der Waals surface area contributed by atoms with E-state index in [1.165, 1.54) is 23.9 Å². The van der Waals surface area contributed by atoms with E-state index in [0.29, 0.717) is 51.4 Å². The summed E-state index contributed by atoms with van der Waals surface area (Å²) in [6.45, 7) is 5.16. The van der Waals surface area contributed by atoms with Gasteiger partial charge < -0.3 is 5.32 Å². The van der Waals surface area contributed by atoms with Gasteiger partial charge in [0.15, 0.2) is 5.16 Å². The molecule has 0 fully saturated rings. The van der Waals surface area contributed by atoms with E-state index in [1.807, 2.05) is 30.3 Å². The molecule has 4 rings (SSSR count). The van der Waals surface area contributed by atoms with Crippen molar-refractivity contribution >= 4 is 40.2 Å². The summed E-state index contributed by atoms with van der Waals surface area (Å²) < 4.78 is 15.1. The minimum absolute atomic E-state index is 0.112.